The average molecular weight is 539 g/mol. The second kappa shape index (κ2) is 11.6. The molecule has 2 saturated carbocycles. The van der Waals surface area contributed by atoms with Crippen LogP contribution in [0.2, 0.25) is 0 Å². The lowest BCUT2D eigenvalue weighted by Crippen LogP contribution is -2.49. The van der Waals surface area contributed by atoms with Gasteiger partial charge in [0.2, 0.25) is 0 Å². The number of phenolic OH excluding ortho intramolecular Hbond substituents is 1. The van der Waals surface area contributed by atoms with Crippen molar-refractivity contribution in [2.75, 3.05) is 39.0 Å². The van der Waals surface area contributed by atoms with Crippen LogP contribution in [0.5, 0.6) is 5.75 Å². The Morgan fingerprint density at radius 2 is 2.13 bits per heavy atom. The number of Topliss-reactive ketones (excluding diaryl/α,β-unsaturated/α-hetero) is 1. The third kappa shape index (κ3) is 5.80. The summed E-state index contributed by atoms with van der Waals surface area (Å²) in [6, 6.07) is 6.59. The van der Waals surface area contributed by atoms with Gasteiger partial charge in [-0.05, 0) is 131 Å². The number of phenols is 1. The highest BCUT2D eigenvalue weighted by molar-refractivity contribution is 7.15. The second-order valence-corrected chi connectivity index (χ2v) is 13.9. The Balaban J connectivity index is 1.29. The molecular weight excluding hydrogens is 492 g/mol. The van der Waals surface area contributed by atoms with Gasteiger partial charge in [-0.1, -0.05) is 13.0 Å². The number of carbonyl (C=O) groups excluding carboxylic acids is 1. The molecule has 3 aliphatic rings. The van der Waals surface area contributed by atoms with Crippen LogP contribution < -0.4 is 10.6 Å². The summed E-state index contributed by atoms with van der Waals surface area (Å²) in [7, 11) is 4.29. The van der Waals surface area contributed by atoms with Crippen molar-refractivity contribution in [3.05, 3.63) is 40.4 Å². The Bertz CT molecular complexity index is 1120. The number of aromatic nitrogens is 1. The van der Waals surface area contributed by atoms with E-state index < -0.39 is 0 Å². The zero-order valence-electron chi connectivity index (χ0n) is 23.6. The van der Waals surface area contributed by atoms with Crippen LogP contribution in [-0.2, 0) is 11.2 Å². The Morgan fingerprint density at radius 3 is 2.89 bits per heavy atom. The molecule has 0 radical (unpaired) electrons. The number of hydrogen-bond acceptors (Lipinski definition) is 7. The van der Waals surface area contributed by atoms with Gasteiger partial charge in [0.15, 0.2) is 10.9 Å². The van der Waals surface area contributed by atoms with Gasteiger partial charge < -0.3 is 20.6 Å². The lowest BCUT2D eigenvalue weighted by atomic mass is 9.53. The molecule has 3 aliphatic carbocycles. The maximum absolute atomic E-state index is 12.9. The zero-order valence-corrected chi connectivity index (χ0v) is 24.4. The molecular formula is C31H46N4O2S. The molecule has 0 amide bonds. The molecule has 0 spiro atoms. The van der Waals surface area contributed by atoms with Crippen molar-refractivity contribution in [1.29, 1.82) is 0 Å². The van der Waals surface area contributed by atoms with Gasteiger partial charge in [-0.15, -0.1) is 11.3 Å². The summed E-state index contributed by atoms with van der Waals surface area (Å²) in [5, 5.41) is 18.2. The molecule has 38 heavy (non-hydrogen) atoms. The number of thiazole rings is 1. The average Bonchev–Trinajstić information content (AvgIpc) is 3.43. The number of anilines is 1. The van der Waals surface area contributed by atoms with Gasteiger partial charge in [0.05, 0.1) is 6.54 Å². The monoisotopic (exact) mass is 538 g/mol. The first kappa shape index (κ1) is 27.6. The molecule has 6 atom stereocenters. The largest absolute Gasteiger partial charge is 0.508 e. The van der Waals surface area contributed by atoms with Gasteiger partial charge in [0, 0.05) is 23.5 Å². The van der Waals surface area contributed by atoms with E-state index in [9.17, 15) is 9.90 Å². The van der Waals surface area contributed by atoms with Gasteiger partial charge in [-0.25, -0.2) is 4.98 Å². The Kier molecular flexibility index (Phi) is 8.46. The van der Waals surface area contributed by atoms with Crippen molar-refractivity contribution in [1.82, 2.24) is 15.2 Å². The number of ketones is 1. The molecule has 1 aromatic carbocycles. The van der Waals surface area contributed by atoms with E-state index in [0.29, 0.717) is 54.2 Å². The summed E-state index contributed by atoms with van der Waals surface area (Å²) in [5.41, 5.74) is 3.10. The highest BCUT2D eigenvalue weighted by Crippen LogP contribution is 2.63. The van der Waals surface area contributed by atoms with Crippen molar-refractivity contribution in [2.45, 2.75) is 77.2 Å². The molecule has 3 N–H and O–H groups in total. The number of aromatic hydroxyl groups is 1. The first-order valence-electron chi connectivity index (χ1n) is 14.6. The molecule has 1 aromatic heterocycles. The minimum Gasteiger partial charge on any atom is -0.508 e. The molecule has 1 heterocycles. The predicted octanol–water partition coefficient (Wildman–Crippen LogP) is 5.61. The van der Waals surface area contributed by atoms with Crippen LogP contribution in [0.25, 0.3) is 0 Å². The number of carbonyl (C=O) groups is 1. The van der Waals surface area contributed by atoms with Crippen LogP contribution in [0.1, 0.15) is 73.8 Å². The molecule has 5 rings (SSSR count). The smallest absolute Gasteiger partial charge is 0.183 e. The van der Waals surface area contributed by atoms with Gasteiger partial charge in [-0.2, -0.15) is 0 Å². The molecule has 2 fully saturated rings. The van der Waals surface area contributed by atoms with E-state index in [0.717, 1.165) is 42.4 Å². The maximum atomic E-state index is 12.9. The van der Waals surface area contributed by atoms with E-state index >= 15 is 0 Å². The first-order chi connectivity index (χ1) is 18.2. The van der Waals surface area contributed by atoms with E-state index in [1.807, 2.05) is 25.3 Å². The van der Waals surface area contributed by atoms with Crippen LogP contribution >= 0.6 is 11.3 Å². The molecule has 6 unspecified atom stereocenters. The number of nitrogens with zero attached hydrogens (tertiary/aromatic N) is 2. The predicted molar refractivity (Wildman–Crippen MR) is 156 cm³/mol. The number of nitrogens with one attached hydrogen (secondary N) is 2. The number of fused-ring (bicyclic) bond motifs is 5. The molecule has 0 bridgehead atoms. The fraction of sp³-hybridized carbons (Fsp3) is 0.677. The standard InChI is InChI=1S/C31H46N4O2S/c1-20-18-33-30(38-20)34-19-24(37)8-6-22-17-28(32-14-5-15-35(3)4)31(2)13-12-26-25-11-9-23(36)16-21(25)7-10-27(26)29(22)31/h9,11,16,18,22,26-29,32,36H,5-8,10,12-15,17,19H2,1-4H3,(H,33,34). The third-order valence-electron chi connectivity index (χ3n) is 9.87. The van der Waals surface area contributed by atoms with Crippen molar-refractivity contribution in [3.63, 3.8) is 0 Å². The van der Waals surface area contributed by atoms with Gasteiger partial charge in [0.25, 0.3) is 0 Å². The van der Waals surface area contributed by atoms with Crippen molar-refractivity contribution in [3.8, 4) is 5.75 Å². The first-order valence-corrected chi connectivity index (χ1v) is 15.4. The molecule has 6 nitrogen and oxygen atoms in total. The summed E-state index contributed by atoms with van der Waals surface area (Å²) in [6.45, 7) is 7.13. The van der Waals surface area contributed by atoms with Gasteiger partial charge in [0.1, 0.15) is 5.75 Å². The fourth-order valence-corrected chi connectivity index (χ4v) is 8.85. The number of benzene rings is 1. The topological polar surface area (TPSA) is 77.5 Å². The normalized spacial score (nSPS) is 30.1. The van der Waals surface area contributed by atoms with Crippen molar-refractivity contribution < 1.29 is 9.90 Å². The maximum Gasteiger partial charge on any atom is 0.183 e. The van der Waals surface area contributed by atoms with E-state index in [1.165, 1.54) is 36.8 Å². The summed E-state index contributed by atoms with van der Waals surface area (Å²) >= 11 is 1.61. The van der Waals surface area contributed by atoms with Crippen LogP contribution in [0.15, 0.2) is 24.4 Å². The van der Waals surface area contributed by atoms with Crippen LogP contribution in [0.3, 0.4) is 0 Å². The number of aryl methyl sites for hydroxylation is 2. The lowest BCUT2D eigenvalue weighted by molar-refractivity contribution is -0.117. The minimum atomic E-state index is 0.276. The SMILES string of the molecule is Cc1cnc(NCC(=O)CCC2CC(NCCCN(C)C)C3(C)CCC4c5ccc(O)cc5CCC4C23)s1. The highest BCUT2D eigenvalue weighted by Gasteiger charge is 2.58. The summed E-state index contributed by atoms with van der Waals surface area (Å²) < 4.78 is 0. The molecule has 0 saturated heterocycles. The van der Waals surface area contributed by atoms with Crippen LogP contribution in [0.4, 0.5) is 5.13 Å². The Hall–Kier alpha value is -1.96. The number of rotatable bonds is 11. The van der Waals surface area contributed by atoms with Crippen molar-refractivity contribution >= 4 is 22.3 Å². The molecule has 0 aliphatic heterocycles. The Labute approximate surface area is 232 Å². The molecule has 208 valence electrons. The van der Waals surface area contributed by atoms with Gasteiger partial charge >= 0.3 is 0 Å². The van der Waals surface area contributed by atoms with Crippen molar-refractivity contribution in [2.24, 2.45) is 23.2 Å². The zero-order chi connectivity index (χ0) is 26.9. The summed E-state index contributed by atoms with van der Waals surface area (Å²) in [4.78, 5) is 20.7. The summed E-state index contributed by atoms with van der Waals surface area (Å²) in [5.74, 6) is 3.14. The van der Waals surface area contributed by atoms with E-state index in [2.05, 4.69) is 47.6 Å². The van der Waals surface area contributed by atoms with Crippen LogP contribution in [-0.4, -0.2) is 60.5 Å². The summed E-state index contributed by atoms with van der Waals surface area (Å²) in [6.07, 6.45) is 10.5. The van der Waals surface area contributed by atoms with E-state index in [4.69, 9.17) is 0 Å². The van der Waals surface area contributed by atoms with Gasteiger partial charge in [-0.3, -0.25) is 4.79 Å². The van der Waals surface area contributed by atoms with E-state index in [1.54, 1.807) is 11.3 Å². The fourth-order valence-electron chi connectivity index (χ4n) is 8.19. The van der Waals surface area contributed by atoms with E-state index in [-0.39, 0.29) is 5.41 Å². The second-order valence-electron chi connectivity index (χ2n) is 12.6. The lowest BCUT2D eigenvalue weighted by Gasteiger charge is -2.52. The molecule has 7 heteroatoms. The molecule has 2 aromatic rings. The highest BCUT2D eigenvalue weighted by atomic mass is 32.1. The quantitative estimate of drug-likeness (QED) is 0.323. The number of hydrogen-bond donors (Lipinski definition) is 3. The van der Waals surface area contributed by atoms with Crippen LogP contribution in [0, 0.1) is 30.1 Å². The third-order valence-corrected chi connectivity index (χ3v) is 10.7. The Morgan fingerprint density at radius 1 is 1.29 bits per heavy atom. The minimum absolute atomic E-state index is 0.276.